The second-order valence-electron chi connectivity index (χ2n) is 8.03. The highest BCUT2D eigenvalue weighted by molar-refractivity contribution is 14.0. The summed E-state index contributed by atoms with van der Waals surface area (Å²) in [5.74, 6) is 0.675. The Kier molecular flexibility index (Phi) is 9.32. The van der Waals surface area contributed by atoms with Gasteiger partial charge in [-0.1, -0.05) is 61.4 Å². The number of hydrogen-bond acceptors (Lipinski definition) is 3. The molecule has 2 aromatic rings. The summed E-state index contributed by atoms with van der Waals surface area (Å²) in [6.45, 7) is 1.18. The van der Waals surface area contributed by atoms with Crippen LogP contribution in [-0.4, -0.2) is 46.4 Å². The van der Waals surface area contributed by atoms with Crippen LogP contribution in [0.25, 0.3) is 0 Å². The van der Waals surface area contributed by atoms with Crippen molar-refractivity contribution >= 4 is 40.0 Å². The lowest BCUT2D eigenvalue weighted by atomic mass is 9.79. The quantitative estimate of drug-likeness (QED) is 0.310. The first-order chi connectivity index (χ1) is 14.4. The Balaban J connectivity index is 0.00000341. The van der Waals surface area contributed by atoms with Crippen LogP contribution in [0.15, 0.2) is 64.5 Å². The number of nitrogens with zero attached hydrogens (tertiary/aromatic N) is 2. The molecule has 0 radical (unpaired) electrons. The van der Waals surface area contributed by atoms with Gasteiger partial charge < -0.3 is 10.6 Å². The van der Waals surface area contributed by atoms with E-state index in [2.05, 4.69) is 46.0 Å². The summed E-state index contributed by atoms with van der Waals surface area (Å²) in [5, 5.41) is 6.77. The average molecular weight is 557 g/mol. The molecule has 0 heterocycles. The molecular formula is C23H33IN4O2S. The largest absolute Gasteiger partial charge is 0.356 e. The Morgan fingerprint density at radius 2 is 1.61 bits per heavy atom. The summed E-state index contributed by atoms with van der Waals surface area (Å²) in [5.41, 5.74) is 2.20. The lowest BCUT2D eigenvalue weighted by Crippen LogP contribution is -2.44. The Morgan fingerprint density at radius 3 is 2.23 bits per heavy atom. The Labute approximate surface area is 203 Å². The molecule has 6 nitrogen and oxygen atoms in total. The van der Waals surface area contributed by atoms with Gasteiger partial charge in [0.25, 0.3) is 0 Å². The molecule has 1 aliphatic carbocycles. The number of hydrogen-bond donors (Lipinski definition) is 2. The predicted molar refractivity (Wildman–Crippen MR) is 138 cm³/mol. The van der Waals surface area contributed by atoms with E-state index in [-0.39, 0.29) is 29.4 Å². The molecule has 0 saturated heterocycles. The summed E-state index contributed by atoms with van der Waals surface area (Å²) >= 11 is 0. The number of nitrogens with one attached hydrogen (secondary N) is 2. The number of benzene rings is 2. The van der Waals surface area contributed by atoms with E-state index < -0.39 is 10.0 Å². The topological polar surface area (TPSA) is 73.8 Å². The van der Waals surface area contributed by atoms with E-state index in [0.717, 1.165) is 19.4 Å². The number of guanidine groups is 1. The summed E-state index contributed by atoms with van der Waals surface area (Å²) in [6.07, 6.45) is 4.78. The van der Waals surface area contributed by atoms with E-state index in [4.69, 9.17) is 0 Å². The van der Waals surface area contributed by atoms with Gasteiger partial charge in [0.1, 0.15) is 0 Å². The molecule has 0 spiro atoms. The molecule has 0 amide bonds. The minimum atomic E-state index is -3.50. The van der Waals surface area contributed by atoms with Gasteiger partial charge in [-0.05, 0) is 30.0 Å². The van der Waals surface area contributed by atoms with Crippen LogP contribution in [0.3, 0.4) is 0 Å². The van der Waals surface area contributed by atoms with E-state index in [1.807, 2.05) is 12.1 Å². The minimum absolute atomic E-state index is 0. The maximum Gasteiger partial charge on any atom is 0.242 e. The van der Waals surface area contributed by atoms with Crippen LogP contribution >= 0.6 is 24.0 Å². The predicted octanol–water partition coefficient (Wildman–Crippen LogP) is 3.73. The molecule has 3 rings (SSSR count). The number of halogens is 1. The van der Waals surface area contributed by atoms with Crippen LogP contribution in [0, 0.1) is 0 Å². The van der Waals surface area contributed by atoms with Crippen LogP contribution in [0.1, 0.15) is 36.8 Å². The van der Waals surface area contributed by atoms with Gasteiger partial charge in [0.2, 0.25) is 10.0 Å². The van der Waals surface area contributed by atoms with Crippen molar-refractivity contribution in [3.8, 4) is 0 Å². The van der Waals surface area contributed by atoms with Gasteiger partial charge in [0.15, 0.2) is 5.96 Å². The first kappa shape index (κ1) is 25.6. The fourth-order valence-electron chi connectivity index (χ4n) is 4.16. The maximum atomic E-state index is 12.6. The van der Waals surface area contributed by atoms with Crippen molar-refractivity contribution in [2.45, 2.75) is 42.5 Å². The molecule has 1 aliphatic rings. The highest BCUT2D eigenvalue weighted by Gasteiger charge is 2.35. The highest BCUT2D eigenvalue weighted by atomic mass is 127. The lowest BCUT2D eigenvalue weighted by Gasteiger charge is -2.31. The van der Waals surface area contributed by atoms with Crippen LogP contribution < -0.4 is 10.6 Å². The summed E-state index contributed by atoms with van der Waals surface area (Å²) in [7, 11) is 1.33. The SMILES string of the molecule is CN=C(NCc1ccccc1S(=O)(=O)N(C)C)NCC1(c2ccccc2)CCCC1.I. The van der Waals surface area contributed by atoms with Crippen molar-refractivity contribution in [3.63, 3.8) is 0 Å². The molecule has 0 unspecified atom stereocenters. The second-order valence-corrected chi connectivity index (χ2v) is 10.1. The molecule has 2 aromatic carbocycles. The Morgan fingerprint density at radius 1 is 1.00 bits per heavy atom. The zero-order valence-electron chi connectivity index (χ0n) is 18.5. The van der Waals surface area contributed by atoms with Crippen LogP contribution in [-0.2, 0) is 22.0 Å². The van der Waals surface area contributed by atoms with Crippen molar-refractivity contribution in [1.29, 1.82) is 0 Å². The fourth-order valence-corrected chi connectivity index (χ4v) is 5.28. The Hall–Kier alpha value is -1.65. The molecule has 1 saturated carbocycles. The molecule has 0 aromatic heterocycles. The number of rotatable bonds is 7. The van der Waals surface area contributed by atoms with Gasteiger partial charge in [0.05, 0.1) is 4.90 Å². The van der Waals surface area contributed by atoms with Crippen molar-refractivity contribution in [2.75, 3.05) is 27.7 Å². The van der Waals surface area contributed by atoms with Gasteiger partial charge in [-0.2, -0.15) is 0 Å². The molecule has 170 valence electrons. The van der Waals surface area contributed by atoms with E-state index in [0.29, 0.717) is 23.0 Å². The van der Waals surface area contributed by atoms with Crippen molar-refractivity contribution in [2.24, 2.45) is 4.99 Å². The van der Waals surface area contributed by atoms with Gasteiger partial charge in [-0.15, -0.1) is 24.0 Å². The molecule has 0 aliphatic heterocycles. The monoisotopic (exact) mass is 556 g/mol. The van der Waals surface area contributed by atoms with Crippen LogP contribution in [0.4, 0.5) is 0 Å². The lowest BCUT2D eigenvalue weighted by molar-refractivity contribution is 0.431. The smallest absolute Gasteiger partial charge is 0.242 e. The third-order valence-electron chi connectivity index (χ3n) is 5.94. The zero-order chi connectivity index (χ0) is 21.6. The van der Waals surface area contributed by atoms with Crippen LogP contribution in [0.2, 0.25) is 0 Å². The fraction of sp³-hybridized carbons (Fsp3) is 0.435. The molecule has 31 heavy (non-hydrogen) atoms. The number of aliphatic imine (C=N–C) groups is 1. The number of sulfonamides is 1. The maximum absolute atomic E-state index is 12.6. The van der Waals surface area contributed by atoms with Gasteiger partial charge in [-0.3, -0.25) is 4.99 Å². The normalized spacial score (nSPS) is 16.1. The first-order valence-corrected chi connectivity index (χ1v) is 11.8. The van der Waals surface area contributed by atoms with E-state index in [9.17, 15) is 8.42 Å². The highest BCUT2D eigenvalue weighted by Crippen LogP contribution is 2.40. The molecule has 1 fully saturated rings. The van der Waals surface area contributed by atoms with Crippen LogP contribution in [0.5, 0.6) is 0 Å². The zero-order valence-corrected chi connectivity index (χ0v) is 21.6. The van der Waals surface area contributed by atoms with Gasteiger partial charge >= 0.3 is 0 Å². The third kappa shape index (κ3) is 5.98. The van der Waals surface area contributed by atoms with E-state index in [1.54, 1.807) is 33.3 Å². The molecule has 0 atom stereocenters. The van der Waals surface area contributed by atoms with Crippen molar-refractivity contribution in [1.82, 2.24) is 14.9 Å². The van der Waals surface area contributed by atoms with Crippen molar-refractivity contribution in [3.05, 3.63) is 65.7 Å². The summed E-state index contributed by atoms with van der Waals surface area (Å²) in [4.78, 5) is 4.66. The Bertz CT molecular complexity index is 972. The average Bonchev–Trinajstić information content (AvgIpc) is 3.25. The van der Waals surface area contributed by atoms with Gasteiger partial charge in [-0.25, -0.2) is 12.7 Å². The summed E-state index contributed by atoms with van der Waals surface area (Å²) in [6, 6.07) is 17.8. The minimum Gasteiger partial charge on any atom is -0.356 e. The molecule has 8 heteroatoms. The second kappa shape index (κ2) is 11.3. The van der Waals surface area contributed by atoms with E-state index in [1.165, 1.54) is 22.7 Å². The summed E-state index contributed by atoms with van der Waals surface area (Å²) < 4.78 is 26.5. The first-order valence-electron chi connectivity index (χ1n) is 10.4. The molecule has 0 bridgehead atoms. The molecular weight excluding hydrogens is 523 g/mol. The van der Waals surface area contributed by atoms with E-state index >= 15 is 0 Å². The third-order valence-corrected chi connectivity index (χ3v) is 7.86. The van der Waals surface area contributed by atoms with Gasteiger partial charge in [0, 0.05) is 39.6 Å². The standard InChI is InChI=1S/C23H32N4O2S.HI/c1-24-22(25-17-19-11-7-8-14-21(19)30(28,29)27(2)3)26-18-23(15-9-10-16-23)20-12-5-4-6-13-20;/h4-8,11-14H,9-10,15-18H2,1-3H3,(H2,24,25,26);1H. The van der Waals surface area contributed by atoms with Crippen molar-refractivity contribution < 1.29 is 8.42 Å². The molecule has 2 N–H and O–H groups in total.